The molecule has 1 N–H and O–H groups in total. The van der Waals surface area contributed by atoms with Crippen LogP contribution in [0.5, 0.6) is 5.75 Å². The largest absolute Gasteiger partial charge is 0.492 e. The molecule has 118 valence electrons. The molecule has 21 heavy (non-hydrogen) atoms. The van der Waals surface area contributed by atoms with Crippen LogP contribution in [0.4, 0.5) is 0 Å². The molecule has 3 heteroatoms. The standard InChI is InChI=1S/C18H30N2O/c1-15(2)12-16-13-19-18(3,4)14-20(16)10-11-21-17-8-6-5-7-9-17/h5-9,15-16,19H,10-14H2,1-4H3. The molecule has 0 spiro atoms. The highest BCUT2D eigenvalue weighted by Crippen LogP contribution is 2.20. The Morgan fingerprint density at radius 3 is 2.67 bits per heavy atom. The number of ether oxygens (including phenoxy) is 1. The van der Waals surface area contributed by atoms with Gasteiger partial charge in [-0.05, 0) is 38.3 Å². The number of piperazine rings is 1. The SMILES string of the molecule is CC(C)CC1CNC(C)(C)CN1CCOc1ccccc1. The third-order valence-corrected chi connectivity index (χ3v) is 4.06. The minimum atomic E-state index is 0.195. The number of nitrogens with one attached hydrogen (secondary N) is 1. The smallest absolute Gasteiger partial charge is 0.119 e. The van der Waals surface area contributed by atoms with Crippen molar-refractivity contribution in [3.05, 3.63) is 30.3 Å². The first-order valence-electron chi connectivity index (χ1n) is 8.13. The van der Waals surface area contributed by atoms with Crippen LogP contribution in [-0.2, 0) is 0 Å². The summed E-state index contributed by atoms with van der Waals surface area (Å²) in [5, 5.41) is 3.67. The number of benzene rings is 1. The van der Waals surface area contributed by atoms with E-state index < -0.39 is 0 Å². The van der Waals surface area contributed by atoms with Gasteiger partial charge in [0.25, 0.3) is 0 Å². The van der Waals surface area contributed by atoms with Gasteiger partial charge in [-0.2, -0.15) is 0 Å². The van der Waals surface area contributed by atoms with E-state index in [1.165, 1.54) is 6.42 Å². The van der Waals surface area contributed by atoms with Gasteiger partial charge >= 0.3 is 0 Å². The molecule has 1 atom stereocenters. The normalized spacial score (nSPS) is 22.4. The lowest BCUT2D eigenvalue weighted by molar-refractivity contribution is 0.0694. The van der Waals surface area contributed by atoms with Crippen molar-refractivity contribution in [1.29, 1.82) is 0 Å². The Balaban J connectivity index is 1.87. The Morgan fingerprint density at radius 1 is 1.29 bits per heavy atom. The summed E-state index contributed by atoms with van der Waals surface area (Å²) < 4.78 is 5.87. The molecule has 0 radical (unpaired) electrons. The number of hydrogen-bond acceptors (Lipinski definition) is 3. The van der Waals surface area contributed by atoms with Crippen LogP contribution in [0.3, 0.4) is 0 Å². The molecule has 2 rings (SSSR count). The zero-order chi connectivity index (χ0) is 15.3. The Labute approximate surface area is 129 Å². The summed E-state index contributed by atoms with van der Waals surface area (Å²) in [6.07, 6.45) is 1.24. The molecule has 1 fully saturated rings. The monoisotopic (exact) mass is 290 g/mol. The second-order valence-electron chi connectivity index (χ2n) is 7.18. The van der Waals surface area contributed by atoms with Crippen molar-refractivity contribution >= 4 is 0 Å². The maximum atomic E-state index is 5.87. The van der Waals surface area contributed by atoms with E-state index in [1.807, 2.05) is 30.3 Å². The van der Waals surface area contributed by atoms with Gasteiger partial charge < -0.3 is 10.1 Å². The van der Waals surface area contributed by atoms with Crippen LogP contribution in [0.1, 0.15) is 34.1 Å². The number of hydrogen-bond donors (Lipinski definition) is 1. The number of rotatable bonds is 6. The van der Waals surface area contributed by atoms with Gasteiger partial charge in [0.1, 0.15) is 12.4 Å². The van der Waals surface area contributed by atoms with Crippen LogP contribution < -0.4 is 10.1 Å². The summed E-state index contributed by atoms with van der Waals surface area (Å²) in [5.41, 5.74) is 0.195. The van der Waals surface area contributed by atoms with E-state index in [0.29, 0.717) is 6.04 Å². The van der Waals surface area contributed by atoms with Gasteiger partial charge in [-0.25, -0.2) is 0 Å². The van der Waals surface area contributed by atoms with Crippen molar-refractivity contribution in [2.45, 2.75) is 45.7 Å². The van der Waals surface area contributed by atoms with Crippen molar-refractivity contribution in [2.75, 3.05) is 26.2 Å². The molecule has 1 aromatic carbocycles. The predicted octanol–water partition coefficient (Wildman–Crippen LogP) is 3.16. The quantitative estimate of drug-likeness (QED) is 0.871. The van der Waals surface area contributed by atoms with E-state index in [9.17, 15) is 0 Å². The van der Waals surface area contributed by atoms with Crippen molar-refractivity contribution < 1.29 is 4.74 Å². The molecular formula is C18H30N2O. The highest BCUT2D eigenvalue weighted by molar-refractivity contribution is 5.20. The van der Waals surface area contributed by atoms with Gasteiger partial charge in [0.15, 0.2) is 0 Å². The Bertz CT molecular complexity index is 416. The minimum Gasteiger partial charge on any atom is -0.492 e. The zero-order valence-electron chi connectivity index (χ0n) is 13.9. The Morgan fingerprint density at radius 2 is 2.00 bits per heavy atom. The lowest BCUT2D eigenvalue weighted by Gasteiger charge is -2.45. The maximum Gasteiger partial charge on any atom is 0.119 e. The fourth-order valence-corrected chi connectivity index (χ4v) is 3.05. The zero-order valence-corrected chi connectivity index (χ0v) is 13.9. The summed E-state index contributed by atoms with van der Waals surface area (Å²) in [4.78, 5) is 2.60. The topological polar surface area (TPSA) is 24.5 Å². The van der Waals surface area contributed by atoms with Crippen LogP contribution in [0.2, 0.25) is 0 Å². The van der Waals surface area contributed by atoms with Gasteiger partial charge in [-0.3, -0.25) is 4.90 Å². The van der Waals surface area contributed by atoms with E-state index in [0.717, 1.165) is 37.9 Å². The molecule has 0 bridgehead atoms. The van der Waals surface area contributed by atoms with E-state index in [4.69, 9.17) is 4.74 Å². The molecule has 0 aromatic heterocycles. The highest BCUT2D eigenvalue weighted by Gasteiger charge is 2.32. The van der Waals surface area contributed by atoms with Gasteiger partial charge in [0, 0.05) is 31.2 Å². The first-order chi connectivity index (χ1) is 9.96. The van der Waals surface area contributed by atoms with E-state index in [2.05, 4.69) is 37.9 Å². The average Bonchev–Trinajstić information content (AvgIpc) is 2.42. The summed E-state index contributed by atoms with van der Waals surface area (Å²) in [6, 6.07) is 10.7. The lowest BCUT2D eigenvalue weighted by Crippen LogP contribution is -2.62. The second-order valence-corrected chi connectivity index (χ2v) is 7.18. The third-order valence-electron chi connectivity index (χ3n) is 4.06. The lowest BCUT2D eigenvalue weighted by atomic mass is 9.94. The summed E-state index contributed by atoms with van der Waals surface area (Å²) in [5.74, 6) is 1.70. The molecule has 0 aliphatic carbocycles. The summed E-state index contributed by atoms with van der Waals surface area (Å²) in [7, 11) is 0. The summed E-state index contributed by atoms with van der Waals surface area (Å²) in [6.45, 7) is 13.1. The molecular weight excluding hydrogens is 260 g/mol. The van der Waals surface area contributed by atoms with Gasteiger partial charge in [-0.15, -0.1) is 0 Å². The number of para-hydroxylation sites is 1. The maximum absolute atomic E-state index is 5.87. The fourth-order valence-electron chi connectivity index (χ4n) is 3.05. The van der Waals surface area contributed by atoms with Gasteiger partial charge in [0.05, 0.1) is 0 Å². The molecule has 3 nitrogen and oxygen atoms in total. The van der Waals surface area contributed by atoms with Crippen LogP contribution >= 0.6 is 0 Å². The van der Waals surface area contributed by atoms with Crippen molar-refractivity contribution in [2.24, 2.45) is 5.92 Å². The first kappa shape index (κ1) is 16.3. The average molecular weight is 290 g/mol. The third kappa shape index (κ3) is 5.33. The minimum absolute atomic E-state index is 0.195. The van der Waals surface area contributed by atoms with E-state index in [-0.39, 0.29) is 5.54 Å². The fraction of sp³-hybridized carbons (Fsp3) is 0.667. The molecule has 1 aliphatic heterocycles. The molecule has 0 amide bonds. The Kier molecular flexibility index (Phi) is 5.65. The van der Waals surface area contributed by atoms with Crippen LogP contribution in [0.15, 0.2) is 30.3 Å². The van der Waals surface area contributed by atoms with Gasteiger partial charge in [-0.1, -0.05) is 32.0 Å². The molecule has 0 saturated carbocycles. The predicted molar refractivity (Wildman–Crippen MR) is 88.8 cm³/mol. The first-order valence-corrected chi connectivity index (χ1v) is 8.13. The van der Waals surface area contributed by atoms with E-state index >= 15 is 0 Å². The molecule has 1 heterocycles. The van der Waals surface area contributed by atoms with Crippen molar-refractivity contribution in [3.8, 4) is 5.75 Å². The Hall–Kier alpha value is -1.06. The number of nitrogens with zero attached hydrogens (tertiary/aromatic N) is 1. The molecule has 1 aromatic rings. The summed E-state index contributed by atoms with van der Waals surface area (Å²) >= 11 is 0. The van der Waals surface area contributed by atoms with Crippen molar-refractivity contribution in [3.63, 3.8) is 0 Å². The second kappa shape index (κ2) is 7.28. The van der Waals surface area contributed by atoms with Crippen LogP contribution in [-0.4, -0.2) is 42.7 Å². The van der Waals surface area contributed by atoms with Crippen LogP contribution in [0.25, 0.3) is 0 Å². The molecule has 1 unspecified atom stereocenters. The molecule has 1 aliphatic rings. The van der Waals surface area contributed by atoms with Gasteiger partial charge in [0.2, 0.25) is 0 Å². The highest BCUT2D eigenvalue weighted by atomic mass is 16.5. The van der Waals surface area contributed by atoms with Crippen molar-refractivity contribution in [1.82, 2.24) is 10.2 Å². The molecule has 1 saturated heterocycles. The van der Waals surface area contributed by atoms with Crippen LogP contribution in [0, 0.1) is 5.92 Å². The van der Waals surface area contributed by atoms with E-state index in [1.54, 1.807) is 0 Å².